The summed E-state index contributed by atoms with van der Waals surface area (Å²) in [7, 11) is 0. The largest absolute Gasteiger partial charge is 0.482 e. The molecule has 2 aromatic rings. The van der Waals surface area contributed by atoms with Gasteiger partial charge in [0.15, 0.2) is 6.61 Å². The van der Waals surface area contributed by atoms with E-state index >= 15 is 0 Å². The number of nitrogens with zero attached hydrogens (tertiary/aromatic N) is 2. The topological polar surface area (TPSA) is 71.1 Å². The summed E-state index contributed by atoms with van der Waals surface area (Å²) in [6, 6.07) is 12.6. The van der Waals surface area contributed by atoms with E-state index in [4.69, 9.17) is 21.1 Å². The van der Waals surface area contributed by atoms with Crippen molar-refractivity contribution in [3.05, 3.63) is 47.5 Å². The number of anilines is 3. The zero-order valence-electron chi connectivity index (χ0n) is 15.2. The molecule has 2 aliphatic rings. The van der Waals surface area contributed by atoms with Crippen molar-refractivity contribution in [1.29, 1.82) is 0 Å². The highest BCUT2D eigenvalue weighted by Crippen LogP contribution is 2.34. The van der Waals surface area contributed by atoms with E-state index in [1.165, 1.54) is 4.90 Å². The third-order valence-corrected chi connectivity index (χ3v) is 4.93. The molecule has 2 heterocycles. The molecule has 4 rings (SSSR count). The number of hydrogen-bond acceptors (Lipinski definition) is 5. The predicted molar refractivity (Wildman–Crippen MR) is 107 cm³/mol. The minimum absolute atomic E-state index is 0.105. The van der Waals surface area contributed by atoms with Gasteiger partial charge in [0.25, 0.3) is 5.91 Å². The number of carbonyl (C=O) groups excluding carboxylic acids is 2. The maximum absolute atomic E-state index is 12.7. The number of para-hydroxylation sites is 2. The number of carbonyl (C=O) groups is 2. The van der Waals surface area contributed by atoms with Crippen LogP contribution >= 0.6 is 11.6 Å². The van der Waals surface area contributed by atoms with Gasteiger partial charge in [-0.05, 0) is 30.3 Å². The van der Waals surface area contributed by atoms with E-state index in [2.05, 4.69) is 10.2 Å². The summed E-state index contributed by atoms with van der Waals surface area (Å²) in [5.41, 5.74) is 2.15. The Bertz CT molecular complexity index is 899. The Labute approximate surface area is 167 Å². The van der Waals surface area contributed by atoms with Gasteiger partial charge in [-0.2, -0.15) is 0 Å². The van der Waals surface area contributed by atoms with E-state index in [-0.39, 0.29) is 25.0 Å². The fourth-order valence-electron chi connectivity index (χ4n) is 3.34. The number of hydrogen-bond donors (Lipinski definition) is 1. The SMILES string of the molecule is O=C(CN1C(=O)COc2ccc(Cl)cc21)Nc1ccccc1N1CCOCC1. The zero-order valence-corrected chi connectivity index (χ0v) is 15.9. The van der Waals surface area contributed by atoms with Crippen LogP contribution in [0.5, 0.6) is 5.75 Å². The van der Waals surface area contributed by atoms with Gasteiger partial charge >= 0.3 is 0 Å². The first-order chi connectivity index (χ1) is 13.6. The molecule has 7 nitrogen and oxygen atoms in total. The molecule has 1 saturated heterocycles. The number of nitrogens with one attached hydrogen (secondary N) is 1. The van der Waals surface area contributed by atoms with Crippen molar-refractivity contribution < 1.29 is 19.1 Å². The van der Waals surface area contributed by atoms with Gasteiger partial charge in [-0.3, -0.25) is 14.5 Å². The van der Waals surface area contributed by atoms with Crippen LogP contribution in [0.25, 0.3) is 0 Å². The van der Waals surface area contributed by atoms with Crippen molar-refractivity contribution in [1.82, 2.24) is 0 Å². The first-order valence-corrected chi connectivity index (χ1v) is 9.44. The van der Waals surface area contributed by atoms with Crippen LogP contribution < -0.4 is 19.9 Å². The molecular formula is C20H20ClN3O4. The van der Waals surface area contributed by atoms with Gasteiger partial charge in [0.2, 0.25) is 5.91 Å². The van der Waals surface area contributed by atoms with Crippen molar-refractivity contribution in [2.45, 2.75) is 0 Å². The van der Waals surface area contributed by atoms with Crippen LogP contribution in [0, 0.1) is 0 Å². The second-order valence-corrected chi connectivity index (χ2v) is 6.98. The van der Waals surface area contributed by atoms with Crippen molar-refractivity contribution in [2.24, 2.45) is 0 Å². The highest BCUT2D eigenvalue weighted by atomic mass is 35.5. The van der Waals surface area contributed by atoms with Gasteiger partial charge in [-0.15, -0.1) is 0 Å². The van der Waals surface area contributed by atoms with Gasteiger partial charge < -0.3 is 19.7 Å². The molecule has 0 aliphatic carbocycles. The number of amides is 2. The third kappa shape index (κ3) is 3.90. The molecule has 2 amide bonds. The normalized spacial score (nSPS) is 16.4. The first kappa shape index (κ1) is 18.6. The van der Waals surface area contributed by atoms with Crippen LogP contribution in [-0.4, -0.2) is 51.3 Å². The zero-order chi connectivity index (χ0) is 19.5. The van der Waals surface area contributed by atoms with Crippen molar-refractivity contribution in [2.75, 3.05) is 54.6 Å². The lowest BCUT2D eigenvalue weighted by Gasteiger charge is -2.31. The van der Waals surface area contributed by atoms with Crippen LogP contribution in [0.4, 0.5) is 17.1 Å². The molecule has 0 bridgehead atoms. The Morgan fingerprint density at radius 3 is 2.71 bits per heavy atom. The second-order valence-electron chi connectivity index (χ2n) is 6.55. The van der Waals surface area contributed by atoms with E-state index in [1.54, 1.807) is 18.2 Å². The maximum Gasteiger partial charge on any atom is 0.265 e. The average Bonchev–Trinajstić information content (AvgIpc) is 2.71. The standard InChI is InChI=1S/C20H20ClN3O4/c21-14-5-6-18-17(11-14)24(20(26)13-28-18)12-19(25)22-15-3-1-2-4-16(15)23-7-9-27-10-8-23/h1-6,11H,7-10,12-13H2,(H,22,25). The average molecular weight is 402 g/mol. The molecule has 2 aliphatic heterocycles. The Morgan fingerprint density at radius 1 is 1.11 bits per heavy atom. The van der Waals surface area contributed by atoms with Gasteiger partial charge in [-0.1, -0.05) is 23.7 Å². The summed E-state index contributed by atoms with van der Waals surface area (Å²) >= 11 is 6.05. The molecule has 1 N–H and O–H groups in total. The molecule has 0 spiro atoms. The quantitative estimate of drug-likeness (QED) is 0.852. The third-order valence-electron chi connectivity index (χ3n) is 4.70. The number of rotatable bonds is 4. The highest BCUT2D eigenvalue weighted by molar-refractivity contribution is 6.31. The molecule has 8 heteroatoms. The van der Waals surface area contributed by atoms with E-state index in [0.717, 1.165) is 18.8 Å². The lowest BCUT2D eigenvalue weighted by molar-refractivity contribution is -0.123. The van der Waals surface area contributed by atoms with Gasteiger partial charge in [0, 0.05) is 18.1 Å². The number of fused-ring (bicyclic) bond motifs is 1. The van der Waals surface area contributed by atoms with E-state index < -0.39 is 0 Å². The van der Waals surface area contributed by atoms with Crippen LogP contribution in [0.3, 0.4) is 0 Å². The summed E-state index contributed by atoms with van der Waals surface area (Å²) in [5.74, 6) is -0.0428. The molecule has 2 aromatic carbocycles. The smallest absolute Gasteiger partial charge is 0.265 e. The highest BCUT2D eigenvalue weighted by Gasteiger charge is 2.28. The molecule has 0 unspecified atom stereocenters. The minimum atomic E-state index is -0.290. The first-order valence-electron chi connectivity index (χ1n) is 9.06. The molecular weight excluding hydrogens is 382 g/mol. The predicted octanol–water partition coefficient (Wildman–Crippen LogP) is 2.54. The van der Waals surface area contributed by atoms with Crippen molar-refractivity contribution >= 4 is 40.5 Å². The summed E-state index contributed by atoms with van der Waals surface area (Å²) in [6.07, 6.45) is 0. The molecule has 1 fully saturated rings. The van der Waals surface area contributed by atoms with E-state index in [0.29, 0.717) is 35.4 Å². The summed E-state index contributed by atoms with van der Waals surface area (Å²) in [6.45, 7) is 2.62. The Hall–Kier alpha value is -2.77. The number of morpholine rings is 1. The van der Waals surface area contributed by atoms with Crippen molar-refractivity contribution in [3.63, 3.8) is 0 Å². The van der Waals surface area contributed by atoms with Gasteiger partial charge in [0.1, 0.15) is 12.3 Å². The monoisotopic (exact) mass is 401 g/mol. The molecule has 0 radical (unpaired) electrons. The Balaban J connectivity index is 1.51. The number of halogens is 1. The summed E-state index contributed by atoms with van der Waals surface area (Å²) in [5, 5.41) is 3.40. The van der Waals surface area contributed by atoms with Crippen LogP contribution in [0.15, 0.2) is 42.5 Å². The van der Waals surface area contributed by atoms with Crippen LogP contribution in [0.1, 0.15) is 0 Å². The summed E-state index contributed by atoms with van der Waals surface area (Å²) < 4.78 is 10.8. The molecule has 0 atom stereocenters. The van der Waals surface area contributed by atoms with Gasteiger partial charge in [-0.25, -0.2) is 0 Å². The Morgan fingerprint density at radius 2 is 1.89 bits per heavy atom. The molecule has 0 aromatic heterocycles. The van der Waals surface area contributed by atoms with Crippen LogP contribution in [-0.2, 0) is 14.3 Å². The lowest BCUT2D eigenvalue weighted by Crippen LogP contribution is -2.43. The van der Waals surface area contributed by atoms with E-state index in [9.17, 15) is 9.59 Å². The second kappa shape index (κ2) is 8.08. The minimum Gasteiger partial charge on any atom is -0.482 e. The van der Waals surface area contributed by atoms with Gasteiger partial charge in [0.05, 0.1) is 30.3 Å². The number of ether oxygens (including phenoxy) is 2. The maximum atomic E-state index is 12.7. The molecule has 28 heavy (non-hydrogen) atoms. The molecule has 146 valence electrons. The Kier molecular flexibility index (Phi) is 5.36. The van der Waals surface area contributed by atoms with Crippen LogP contribution in [0.2, 0.25) is 5.02 Å². The fourth-order valence-corrected chi connectivity index (χ4v) is 3.51. The number of benzene rings is 2. The fraction of sp³-hybridized carbons (Fsp3) is 0.300. The lowest BCUT2D eigenvalue weighted by atomic mass is 10.2. The van der Waals surface area contributed by atoms with Crippen molar-refractivity contribution in [3.8, 4) is 5.75 Å². The van der Waals surface area contributed by atoms with E-state index in [1.807, 2.05) is 24.3 Å². The molecule has 0 saturated carbocycles. The summed E-state index contributed by atoms with van der Waals surface area (Å²) in [4.78, 5) is 28.6.